The first-order chi connectivity index (χ1) is 7.15. The number of benzene rings is 1. The standard InChI is InChI=1S/C11H13FN2O/c1-2-3-6-14-11(15)9-7-8(13)4-5-10(9)12/h2,4-5,7H,1,3,6,13H2,(H,14,15). The maximum absolute atomic E-state index is 13.2. The molecule has 1 aromatic carbocycles. The second-order valence-corrected chi connectivity index (χ2v) is 3.07. The Balaban J connectivity index is 2.72. The van der Waals surface area contributed by atoms with Gasteiger partial charge < -0.3 is 11.1 Å². The van der Waals surface area contributed by atoms with Crippen molar-refractivity contribution in [2.45, 2.75) is 6.42 Å². The van der Waals surface area contributed by atoms with Crippen LogP contribution < -0.4 is 11.1 Å². The molecule has 0 unspecified atom stereocenters. The molecule has 80 valence electrons. The lowest BCUT2D eigenvalue weighted by Crippen LogP contribution is -2.25. The van der Waals surface area contributed by atoms with Crippen molar-refractivity contribution in [3.05, 3.63) is 42.2 Å². The van der Waals surface area contributed by atoms with Gasteiger partial charge in [0.05, 0.1) is 5.56 Å². The number of anilines is 1. The predicted octanol–water partition coefficient (Wildman–Crippen LogP) is 1.71. The fourth-order valence-electron chi connectivity index (χ4n) is 1.10. The minimum Gasteiger partial charge on any atom is -0.399 e. The van der Waals surface area contributed by atoms with Crippen LogP contribution in [0.2, 0.25) is 0 Å². The zero-order valence-electron chi connectivity index (χ0n) is 8.29. The molecule has 0 aromatic heterocycles. The van der Waals surface area contributed by atoms with Crippen LogP contribution in [0.25, 0.3) is 0 Å². The van der Waals surface area contributed by atoms with Gasteiger partial charge in [0.25, 0.3) is 5.91 Å². The van der Waals surface area contributed by atoms with Crippen molar-refractivity contribution < 1.29 is 9.18 Å². The highest BCUT2D eigenvalue weighted by Crippen LogP contribution is 2.11. The van der Waals surface area contributed by atoms with Gasteiger partial charge in [-0.1, -0.05) is 6.08 Å². The van der Waals surface area contributed by atoms with Crippen LogP contribution in [-0.4, -0.2) is 12.5 Å². The zero-order chi connectivity index (χ0) is 11.3. The van der Waals surface area contributed by atoms with Gasteiger partial charge in [-0.05, 0) is 24.6 Å². The fourth-order valence-corrected chi connectivity index (χ4v) is 1.10. The molecule has 1 amide bonds. The Bertz CT molecular complexity index is 377. The van der Waals surface area contributed by atoms with Gasteiger partial charge in [-0.3, -0.25) is 4.79 Å². The summed E-state index contributed by atoms with van der Waals surface area (Å²) < 4.78 is 13.2. The van der Waals surface area contributed by atoms with E-state index >= 15 is 0 Å². The number of hydrogen-bond donors (Lipinski definition) is 2. The molecule has 0 fully saturated rings. The first-order valence-corrected chi connectivity index (χ1v) is 4.59. The maximum atomic E-state index is 13.2. The van der Waals surface area contributed by atoms with Crippen LogP contribution >= 0.6 is 0 Å². The van der Waals surface area contributed by atoms with E-state index in [1.165, 1.54) is 18.2 Å². The molecule has 1 rings (SSSR count). The van der Waals surface area contributed by atoms with E-state index in [1.807, 2.05) is 0 Å². The van der Waals surface area contributed by atoms with Crippen molar-refractivity contribution >= 4 is 11.6 Å². The fraction of sp³-hybridized carbons (Fsp3) is 0.182. The monoisotopic (exact) mass is 208 g/mol. The molecule has 0 aliphatic carbocycles. The van der Waals surface area contributed by atoms with E-state index in [-0.39, 0.29) is 5.56 Å². The number of nitrogens with two attached hydrogens (primary N) is 1. The normalized spacial score (nSPS) is 9.67. The second kappa shape index (κ2) is 5.14. The van der Waals surface area contributed by atoms with E-state index in [9.17, 15) is 9.18 Å². The maximum Gasteiger partial charge on any atom is 0.254 e. The van der Waals surface area contributed by atoms with Crippen molar-refractivity contribution in [1.82, 2.24) is 5.32 Å². The molecule has 1 aromatic rings. The summed E-state index contributed by atoms with van der Waals surface area (Å²) in [6.45, 7) is 3.96. The molecule has 0 aliphatic heterocycles. The molecule has 0 spiro atoms. The Morgan fingerprint density at radius 1 is 1.60 bits per heavy atom. The van der Waals surface area contributed by atoms with Gasteiger partial charge in [0.2, 0.25) is 0 Å². The minimum absolute atomic E-state index is 0.0286. The quantitative estimate of drug-likeness (QED) is 0.449. The van der Waals surface area contributed by atoms with Gasteiger partial charge in [-0.2, -0.15) is 0 Å². The number of nitrogen functional groups attached to an aromatic ring is 1. The van der Waals surface area contributed by atoms with E-state index in [2.05, 4.69) is 11.9 Å². The lowest BCUT2D eigenvalue weighted by molar-refractivity contribution is 0.0950. The summed E-state index contributed by atoms with van der Waals surface area (Å²) >= 11 is 0. The molecule has 0 radical (unpaired) electrons. The number of carbonyl (C=O) groups excluding carboxylic acids is 1. The van der Waals surface area contributed by atoms with Crippen LogP contribution in [0.3, 0.4) is 0 Å². The third-order valence-corrected chi connectivity index (χ3v) is 1.87. The molecule has 4 heteroatoms. The van der Waals surface area contributed by atoms with Crippen molar-refractivity contribution in [2.75, 3.05) is 12.3 Å². The van der Waals surface area contributed by atoms with Crippen molar-refractivity contribution in [3.63, 3.8) is 0 Å². The van der Waals surface area contributed by atoms with Gasteiger partial charge in [-0.15, -0.1) is 6.58 Å². The van der Waals surface area contributed by atoms with Gasteiger partial charge in [0, 0.05) is 12.2 Å². The number of hydrogen-bond acceptors (Lipinski definition) is 2. The topological polar surface area (TPSA) is 55.1 Å². The Labute approximate surface area is 87.8 Å². The lowest BCUT2D eigenvalue weighted by Gasteiger charge is -2.05. The minimum atomic E-state index is -0.569. The molecule has 3 N–H and O–H groups in total. The van der Waals surface area contributed by atoms with Crippen LogP contribution in [0.4, 0.5) is 10.1 Å². The molecular formula is C11H13FN2O. The van der Waals surface area contributed by atoms with E-state index in [4.69, 9.17) is 5.73 Å². The highest BCUT2D eigenvalue weighted by atomic mass is 19.1. The number of rotatable bonds is 4. The summed E-state index contributed by atoms with van der Waals surface area (Å²) in [4.78, 5) is 11.5. The summed E-state index contributed by atoms with van der Waals surface area (Å²) in [5, 5.41) is 2.56. The summed E-state index contributed by atoms with van der Waals surface area (Å²) in [6, 6.07) is 3.91. The van der Waals surface area contributed by atoms with Gasteiger partial charge >= 0.3 is 0 Å². The highest BCUT2D eigenvalue weighted by molar-refractivity contribution is 5.95. The van der Waals surface area contributed by atoms with E-state index < -0.39 is 11.7 Å². The van der Waals surface area contributed by atoms with Gasteiger partial charge in [-0.25, -0.2) is 4.39 Å². The average Bonchev–Trinajstić information content (AvgIpc) is 2.22. The Morgan fingerprint density at radius 2 is 2.33 bits per heavy atom. The number of halogens is 1. The van der Waals surface area contributed by atoms with E-state index in [1.54, 1.807) is 6.08 Å². The molecule has 0 bridgehead atoms. The van der Waals surface area contributed by atoms with Crippen molar-refractivity contribution in [2.24, 2.45) is 0 Å². The third-order valence-electron chi connectivity index (χ3n) is 1.87. The van der Waals surface area contributed by atoms with Crippen LogP contribution in [0.1, 0.15) is 16.8 Å². The summed E-state index contributed by atoms with van der Waals surface area (Å²) in [6.07, 6.45) is 2.33. The Morgan fingerprint density at radius 3 is 3.00 bits per heavy atom. The molecule has 3 nitrogen and oxygen atoms in total. The smallest absolute Gasteiger partial charge is 0.254 e. The van der Waals surface area contributed by atoms with Crippen molar-refractivity contribution in [3.8, 4) is 0 Å². The summed E-state index contributed by atoms with van der Waals surface area (Å²) in [5.41, 5.74) is 5.79. The number of amides is 1. The summed E-state index contributed by atoms with van der Waals surface area (Å²) in [5.74, 6) is -1.03. The first kappa shape index (κ1) is 11.2. The SMILES string of the molecule is C=CCCNC(=O)c1cc(N)ccc1F. The predicted molar refractivity (Wildman–Crippen MR) is 58.0 cm³/mol. The number of carbonyl (C=O) groups is 1. The number of nitrogens with one attached hydrogen (secondary N) is 1. The summed E-state index contributed by atoms with van der Waals surface area (Å²) in [7, 11) is 0. The third kappa shape index (κ3) is 3.09. The van der Waals surface area contributed by atoms with Crippen LogP contribution in [0, 0.1) is 5.82 Å². The van der Waals surface area contributed by atoms with Crippen LogP contribution in [0.15, 0.2) is 30.9 Å². The lowest BCUT2D eigenvalue weighted by atomic mass is 10.1. The second-order valence-electron chi connectivity index (χ2n) is 3.07. The molecule has 15 heavy (non-hydrogen) atoms. The van der Waals surface area contributed by atoms with Gasteiger partial charge in [0.15, 0.2) is 0 Å². The average molecular weight is 208 g/mol. The van der Waals surface area contributed by atoms with Crippen molar-refractivity contribution in [1.29, 1.82) is 0 Å². The molecule has 0 aliphatic rings. The van der Waals surface area contributed by atoms with Gasteiger partial charge in [0.1, 0.15) is 5.82 Å². The van der Waals surface area contributed by atoms with Crippen LogP contribution in [0.5, 0.6) is 0 Å². The largest absolute Gasteiger partial charge is 0.399 e. The molecule has 0 saturated heterocycles. The van der Waals surface area contributed by atoms with E-state index in [0.29, 0.717) is 18.7 Å². The molecule has 0 atom stereocenters. The van der Waals surface area contributed by atoms with E-state index in [0.717, 1.165) is 0 Å². The highest BCUT2D eigenvalue weighted by Gasteiger charge is 2.10. The Hall–Kier alpha value is -1.84. The molecule has 0 saturated carbocycles. The first-order valence-electron chi connectivity index (χ1n) is 4.59. The van der Waals surface area contributed by atoms with Crippen LogP contribution in [-0.2, 0) is 0 Å². The molecular weight excluding hydrogens is 195 g/mol. The zero-order valence-corrected chi connectivity index (χ0v) is 8.29. The Kier molecular flexibility index (Phi) is 3.85. The molecule has 0 heterocycles.